The van der Waals surface area contributed by atoms with Crippen molar-refractivity contribution in [3.8, 4) is 0 Å². The molecule has 7 heteroatoms. The van der Waals surface area contributed by atoms with Crippen LogP contribution < -0.4 is 10.2 Å². The van der Waals surface area contributed by atoms with E-state index in [2.05, 4.69) is 5.32 Å². The van der Waals surface area contributed by atoms with Gasteiger partial charge in [-0.2, -0.15) is 0 Å². The van der Waals surface area contributed by atoms with Gasteiger partial charge in [0.1, 0.15) is 6.61 Å². The first-order valence-corrected chi connectivity index (χ1v) is 8.90. The number of cyclic esters (lactones) is 1. The maximum atomic E-state index is 12.7. The summed E-state index contributed by atoms with van der Waals surface area (Å²) in [5.74, 6) is 0.428. The summed E-state index contributed by atoms with van der Waals surface area (Å²) in [5, 5.41) is 2.98. The Bertz CT molecular complexity index is 655. The third-order valence-electron chi connectivity index (χ3n) is 4.90. The molecule has 3 aliphatic rings. The maximum Gasteiger partial charge on any atom is 0.414 e. The number of ether oxygens (including phenoxy) is 2. The highest BCUT2D eigenvalue weighted by Crippen LogP contribution is 2.30. The summed E-state index contributed by atoms with van der Waals surface area (Å²) in [4.78, 5) is 28.0. The lowest BCUT2D eigenvalue weighted by molar-refractivity contribution is 0.167. The number of nitrogens with one attached hydrogen (secondary N) is 1. The molecule has 4 rings (SSSR count). The van der Waals surface area contributed by atoms with Crippen molar-refractivity contribution < 1.29 is 19.1 Å². The monoisotopic (exact) mass is 345 g/mol. The van der Waals surface area contributed by atoms with Crippen LogP contribution in [0.1, 0.15) is 19.3 Å². The van der Waals surface area contributed by atoms with Gasteiger partial charge >= 0.3 is 12.1 Å². The predicted molar refractivity (Wildman–Crippen MR) is 92.8 cm³/mol. The van der Waals surface area contributed by atoms with Crippen molar-refractivity contribution >= 4 is 23.5 Å². The molecule has 1 atom stereocenters. The molecule has 1 saturated carbocycles. The van der Waals surface area contributed by atoms with Crippen molar-refractivity contribution in [2.24, 2.45) is 5.92 Å². The smallest absolute Gasteiger partial charge is 0.414 e. The van der Waals surface area contributed by atoms with Gasteiger partial charge in [0, 0.05) is 36.5 Å². The van der Waals surface area contributed by atoms with Crippen molar-refractivity contribution in [2.75, 3.05) is 43.1 Å². The summed E-state index contributed by atoms with van der Waals surface area (Å²) in [5.41, 5.74) is 1.43. The van der Waals surface area contributed by atoms with Crippen LogP contribution in [-0.4, -0.2) is 56.0 Å². The van der Waals surface area contributed by atoms with E-state index in [-0.39, 0.29) is 12.1 Å². The van der Waals surface area contributed by atoms with E-state index in [1.165, 1.54) is 0 Å². The van der Waals surface area contributed by atoms with Crippen LogP contribution in [0.2, 0.25) is 0 Å². The molecule has 25 heavy (non-hydrogen) atoms. The van der Waals surface area contributed by atoms with E-state index in [0.717, 1.165) is 44.7 Å². The second-order valence-electron chi connectivity index (χ2n) is 6.86. The van der Waals surface area contributed by atoms with E-state index in [9.17, 15) is 9.59 Å². The molecule has 7 nitrogen and oxygen atoms in total. The number of hydrogen-bond donors (Lipinski definition) is 1. The molecule has 0 spiro atoms. The number of carbonyl (C=O) groups is 2. The van der Waals surface area contributed by atoms with Crippen LogP contribution in [-0.2, 0) is 9.47 Å². The number of hydrogen-bond acceptors (Lipinski definition) is 4. The Labute approximate surface area is 146 Å². The quantitative estimate of drug-likeness (QED) is 0.891. The number of carbonyl (C=O) groups excluding carboxylic acids is 2. The highest BCUT2D eigenvalue weighted by Gasteiger charge is 2.35. The summed E-state index contributed by atoms with van der Waals surface area (Å²) < 4.78 is 10.4. The molecule has 0 bridgehead atoms. The zero-order chi connectivity index (χ0) is 17.2. The molecule has 0 radical (unpaired) electrons. The van der Waals surface area contributed by atoms with E-state index in [1.54, 1.807) is 4.90 Å². The first kappa shape index (κ1) is 16.2. The molecule has 1 N–H and O–H groups in total. The second kappa shape index (κ2) is 6.92. The summed E-state index contributed by atoms with van der Waals surface area (Å²) in [6.45, 7) is 3.21. The SMILES string of the molecule is O=C1OCCN1c1cccc(NC(=O)N(C[C@@H]2CCOC2)C2CC2)c1. The minimum atomic E-state index is -0.343. The molecule has 2 heterocycles. The fourth-order valence-corrected chi connectivity index (χ4v) is 3.36. The van der Waals surface area contributed by atoms with Crippen LogP contribution in [0.15, 0.2) is 24.3 Å². The Morgan fingerprint density at radius 1 is 1.28 bits per heavy atom. The molecule has 2 saturated heterocycles. The number of anilines is 2. The van der Waals surface area contributed by atoms with Gasteiger partial charge in [0.05, 0.1) is 13.2 Å². The minimum Gasteiger partial charge on any atom is -0.447 e. The van der Waals surface area contributed by atoms with Crippen molar-refractivity contribution in [2.45, 2.75) is 25.3 Å². The summed E-state index contributed by atoms with van der Waals surface area (Å²) in [6, 6.07) is 7.60. The maximum absolute atomic E-state index is 12.7. The summed E-state index contributed by atoms with van der Waals surface area (Å²) >= 11 is 0. The first-order valence-electron chi connectivity index (χ1n) is 8.90. The van der Waals surface area contributed by atoms with Crippen molar-refractivity contribution in [3.05, 3.63) is 24.3 Å². The first-order chi connectivity index (χ1) is 12.2. The van der Waals surface area contributed by atoms with E-state index < -0.39 is 0 Å². The van der Waals surface area contributed by atoms with Crippen molar-refractivity contribution in [3.63, 3.8) is 0 Å². The normalized spacial score (nSPS) is 22.8. The topological polar surface area (TPSA) is 71.1 Å². The van der Waals surface area contributed by atoms with E-state index >= 15 is 0 Å². The van der Waals surface area contributed by atoms with Gasteiger partial charge < -0.3 is 19.7 Å². The summed E-state index contributed by atoms with van der Waals surface area (Å²) in [7, 11) is 0. The highest BCUT2D eigenvalue weighted by molar-refractivity contribution is 5.93. The molecule has 3 amide bonds. The van der Waals surface area contributed by atoms with Crippen LogP contribution in [0.3, 0.4) is 0 Å². The highest BCUT2D eigenvalue weighted by atomic mass is 16.6. The van der Waals surface area contributed by atoms with Crippen LogP contribution in [0, 0.1) is 5.92 Å². The molecule has 1 aromatic rings. The fraction of sp³-hybridized carbons (Fsp3) is 0.556. The summed E-state index contributed by atoms with van der Waals surface area (Å²) in [6.07, 6.45) is 2.81. The second-order valence-corrected chi connectivity index (χ2v) is 6.86. The van der Waals surface area contributed by atoms with Crippen LogP contribution >= 0.6 is 0 Å². The Kier molecular flexibility index (Phi) is 4.48. The van der Waals surface area contributed by atoms with Gasteiger partial charge in [0.15, 0.2) is 0 Å². The molecule has 134 valence electrons. The minimum absolute atomic E-state index is 0.0736. The van der Waals surface area contributed by atoms with E-state index in [4.69, 9.17) is 9.47 Å². The lowest BCUT2D eigenvalue weighted by Crippen LogP contribution is -2.40. The third kappa shape index (κ3) is 3.71. The molecule has 1 aromatic carbocycles. The van der Waals surface area contributed by atoms with Gasteiger partial charge in [-0.1, -0.05) is 6.07 Å². The fourth-order valence-electron chi connectivity index (χ4n) is 3.36. The number of amides is 3. The standard InChI is InChI=1S/C18H23N3O4/c22-17(21(15-4-5-15)11-13-6-8-24-12-13)19-14-2-1-3-16(10-14)20-7-9-25-18(20)23/h1-3,10,13,15H,4-9,11-12H2,(H,19,22)/t13-/m0/s1. The van der Waals surface area contributed by atoms with Crippen molar-refractivity contribution in [1.29, 1.82) is 0 Å². The van der Waals surface area contributed by atoms with Gasteiger partial charge in [-0.25, -0.2) is 9.59 Å². The molecular weight excluding hydrogens is 322 g/mol. The van der Waals surface area contributed by atoms with Crippen LogP contribution in [0.25, 0.3) is 0 Å². The third-order valence-corrected chi connectivity index (χ3v) is 4.90. The zero-order valence-corrected chi connectivity index (χ0v) is 14.1. The van der Waals surface area contributed by atoms with E-state index in [1.807, 2.05) is 29.2 Å². The van der Waals surface area contributed by atoms with Gasteiger partial charge in [-0.15, -0.1) is 0 Å². The average molecular weight is 345 g/mol. The van der Waals surface area contributed by atoms with Gasteiger partial charge in [-0.05, 0) is 37.5 Å². The predicted octanol–water partition coefficient (Wildman–Crippen LogP) is 2.68. The molecule has 0 unspecified atom stereocenters. The molecular formula is C18H23N3O4. The van der Waals surface area contributed by atoms with Gasteiger partial charge in [0.25, 0.3) is 0 Å². The molecule has 3 fully saturated rings. The largest absolute Gasteiger partial charge is 0.447 e. The number of benzene rings is 1. The lowest BCUT2D eigenvalue weighted by Gasteiger charge is -2.25. The average Bonchev–Trinajstić information content (AvgIpc) is 3.13. The Morgan fingerprint density at radius 3 is 2.84 bits per heavy atom. The number of nitrogens with zero attached hydrogens (tertiary/aromatic N) is 2. The van der Waals surface area contributed by atoms with E-state index in [0.29, 0.717) is 30.8 Å². The lowest BCUT2D eigenvalue weighted by atomic mass is 10.1. The van der Waals surface area contributed by atoms with Gasteiger partial charge in [-0.3, -0.25) is 4.90 Å². The number of urea groups is 1. The Hall–Kier alpha value is -2.28. The molecule has 1 aliphatic carbocycles. The molecule has 0 aromatic heterocycles. The Morgan fingerprint density at radius 2 is 2.16 bits per heavy atom. The van der Waals surface area contributed by atoms with Crippen LogP contribution in [0.5, 0.6) is 0 Å². The van der Waals surface area contributed by atoms with Gasteiger partial charge in [0.2, 0.25) is 0 Å². The molecule has 2 aliphatic heterocycles. The zero-order valence-electron chi connectivity index (χ0n) is 14.1. The Balaban J connectivity index is 1.43. The number of rotatable bonds is 5. The van der Waals surface area contributed by atoms with Crippen LogP contribution in [0.4, 0.5) is 21.0 Å². The van der Waals surface area contributed by atoms with Crippen molar-refractivity contribution in [1.82, 2.24) is 4.90 Å².